The number of hydrogen-bond acceptors (Lipinski definition) is 2. The maximum atomic E-state index is 2.77. The molecule has 0 amide bonds. The van der Waals surface area contributed by atoms with Crippen molar-refractivity contribution in [2.24, 2.45) is 17.8 Å². The van der Waals surface area contributed by atoms with E-state index in [9.17, 15) is 0 Å². The Morgan fingerprint density at radius 3 is 1.76 bits per heavy atom. The van der Waals surface area contributed by atoms with Gasteiger partial charge in [0.05, 0.1) is 0 Å². The Bertz CT molecular complexity index is 284. The van der Waals surface area contributed by atoms with Crippen LogP contribution in [-0.4, -0.2) is 48.1 Å². The zero-order valence-corrected chi connectivity index (χ0v) is 15.1. The summed E-state index contributed by atoms with van der Waals surface area (Å²) in [5.41, 5.74) is 0. The van der Waals surface area contributed by atoms with Crippen molar-refractivity contribution in [1.82, 2.24) is 9.80 Å². The minimum absolute atomic E-state index is 0.735. The summed E-state index contributed by atoms with van der Waals surface area (Å²) in [5, 5.41) is 0. The fourth-order valence-corrected chi connectivity index (χ4v) is 4.36. The number of nitrogens with zero attached hydrogens (tertiary/aromatic N) is 2. The van der Waals surface area contributed by atoms with Gasteiger partial charge in [-0.2, -0.15) is 0 Å². The third kappa shape index (κ3) is 4.96. The van der Waals surface area contributed by atoms with E-state index in [2.05, 4.69) is 44.4 Å². The molecule has 0 aromatic carbocycles. The second-order valence-corrected chi connectivity index (χ2v) is 8.28. The molecule has 2 aliphatic rings. The molecule has 124 valence electrons. The summed E-state index contributed by atoms with van der Waals surface area (Å²) in [6.07, 6.45) is 7.12. The summed E-state index contributed by atoms with van der Waals surface area (Å²) in [4.78, 5) is 5.42. The standard InChI is InChI=1S/C19H38N2/c1-15(2)19-8-12-21(13-9-19)17(5)14-18-6-10-20(11-7-18)16(3)4/h15-19H,6-14H2,1-5H3. The van der Waals surface area contributed by atoms with Crippen LogP contribution in [0.25, 0.3) is 0 Å². The molecule has 2 saturated heterocycles. The number of hydrogen-bond donors (Lipinski definition) is 0. The van der Waals surface area contributed by atoms with E-state index in [0.717, 1.165) is 29.8 Å². The Hall–Kier alpha value is -0.0800. The quantitative estimate of drug-likeness (QED) is 0.748. The highest BCUT2D eigenvalue weighted by molar-refractivity contribution is 4.81. The van der Waals surface area contributed by atoms with E-state index in [1.807, 2.05) is 0 Å². The summed E-state index contributed by atoms with van der Waals surface area (Å²) in [7, 11) is 0. The minimum atomic E-state index is 0.735. The van der Waals surface area contributed by atoms with Gasteiger partial charge in [0.2, 0.25) is 0 Å². The topological polar surface area (TPSA) is 6.48 Å². The van der Waals surface area contributed by atoms with Crippen LogP contribution in [0.5, 0.6) is 0 Å². The Morgan fingerprint density at radius 1 is 0.762 bits per heavy atom. The van der Waals surface area contributed by atoms with Crippen molar-refractivity contribution in [3.8, 4) is 0 Å². The molecule has 1 unspecified atom stereocenters. The number of piperidine rings is 2. The lowest BCUT2D eigenvalue weighted by atomic mass is 9.85. The average Bonchev–Trinajstić information content (AvgIpc) is 2.47. The Labute approximate surface area is 133 Å². The second-order valence-electron chi connectivity index (χ2n) is 8.28. The van der Waals surface area contributed by atoms with Crippen LogP contribution in [-0.2, 0) is 0 Å². The van der Waals surface area contributed by atoms with Gasteiger partial charge in [-0.05, 0) is 96.8 Å². The lowest BCUT2D eigenvalue weighted by Crippen LogP contribution is -2.43. The lowest BCUT2D eigenvalue weighted by Gasteiger charge is -2.40. The van der Waals surface area contributed by atoms with Gasteiger partial charge in [-0.3, -0.25) is 0 Å². The highest BCUT2D eigenvalue weighted by atomic mass is 15.2. The monoisotopic (exact) mass is 294 g/mol. The van der Waals surface area contributed by atoms with E-state index in [4.69, 9.17) is 0 Å². The van der Waals surface area contributed by atoms with E-state index in [-0.39, 0.29) is 0 Å². The van der Waals surface area contributed by atoms with E-state index in [1.165, 1.54) is 58.3 Å². The molecule has 0 N–H and O–H groups in total. The van der Waals surface area contributed by atoms with Crippen LogP contribution in [0.2, 0.25) is 0 Å². The molecule has 0 aromatic heterocycles. The lowest BCUT2D eigenvalue weighted by molar-refractivity contribution is 0.0885. The first-order chi connectivity index (χ1) is 9.97. The summed E-state index contributed by atoms with van der Waals surface area (Å²) in [5.74, 6) is 2.82. The second kappa shape index (κ2) is 7.97. The Morgan fingerprint density at radius 2 is 1.29 bits per heavy atom. The molecular formula is C19H38N2. The third-order valence-corrected chi connectivity index (χ3v) is 6.19. The fourth-order valence-electron chi connectivity index (χ4n) is 4.36. The molecule has 21 heavy (non-hydrogen) atoms. The largest absolute Gasteiger partial charge is 0.301 e. The van der Waals surface area contributed by atoms with Gasteiger partial charge in [0, 0.05) is 12.1 Å². The third-order valence-electron chi connectivity index (χ3n) is 6.19. The number of likely N-dealkylation sites (tertiary alicyclic amines) is 2. The summed E-state index contributed by atoms with van der Waals surface area (Å²) in [6, 6.07) is 1.53. The zero-order chi connectivity index (χ0) is 15.4. The first kappa shape index (κ1) is 17.3. The van der Waals surface area contributed by atoms with E-state index in [1.54, 1.807) is 0 Å². The SMILES string of the molecule is CC(C)C1CCN(C(C)CC2CCN(C(C)C)CC2)CC1. The molecule has 2 nitrogen and oxygen atoms in total. The average molecular weight is 295 g/mol. The van der Waals surface area contributed by atoms with Crippen molar-refractivity contribution in [1.29, 1.82) is 0 Å². The molecule has 2 aliphatic heterocycles. The van der Waals surface area contributed by atoms with Crippen molar-refractivity contribution in [2.75, 3.05) is 26.2 Å². The maximum Gasteiger partial charge on any atom is 0.00695 e. The van der Waals surface area contributed by atoms with Gasteiger partial charge >= 0.3 is 0 Å². The maximum absolute atomic E-state index is 2.77. The highest BCUT2D eigenvalue weighted by Gasteiger charge is 2.27. The van der Waals surface area contributed by atoms with E-state index >= 15 is 0 Å². The summed E-state index contributed by atoms with van der Waals surface area (Å²) in [6.45, 7) is 17.3. The zero-order valence-electron chi connectivity index (χ0n) is 15.1. The van der Waals surface area contributed by atoms with Crippen LogP contribution in [0.15, 0.2) is 0 Å². The van der Waals surface area contributed by atoms with Gasteiger partial charge in [-0.15, -0.1) is 0 Å². The molecule has 0 bridgehead atoms. The van der Waals surface area contributed by atoms with Crippen LogP contribution in [0, 0.1) is 17.8 Å². The van der Waals surface area contributed by atoms with Crippen molar-refractivity contribution < 1.29 is 0 Å². The highest BCUT2D eigenvalue weighted by Crippen LogP contribution is 2.29. The van der Waals surface area contributed by atoms with Crippen LogP contribution < -0.4 is 0 Å². The summed E-state index contributed by atoms with van der Waals surface area (Å²) < 4.78 is 0. The molecule has 0 aromatic rings. The molecule has 0 radical (unpaired) electrons. The Kier molecular flexibility index (Phi) is 6.55. The van der Waals surface area contributed by atoms with Crippen molar-refractivity contribution in [2.45, 2.75) is 78.8 Å². The first-order valence-electron chi connectivity index (χ1n) is 9.45. The molecule has 1 atom stereocenters. The normalized spacial score (nSPS) is 25.9. The van der Waals surface area contributed by atoms with E-state index in [0.29, 0.717) is 0 Å². The summed E-state index contributed by atoms with van der Waals surface area (Å²) >= 11 is 0. The van der Waals surface area contributed by atoms with Crippen molar-refractivity contribution in [3.63, 3.8) is 0 Å². The fraction of sp³-hybridized carbons (Fsp3) is 1.00. The molecule has 2 heterocycles. The smallest absolute Gasteiger partial charge is 0.00695 e. The first-order valence-corrected chi connectivity index (χ1v) is 9.45. The van der Waals surface area contributed by atoms with Gasteiger partial charge in [-0.1, -0.05) is 13.8 Å². The molecule has 2 heteroatoms. The van der Waals surface area contributed by atoms with Crippen LogP contribution in [0.4, 0.5) is 0 Å². The Balaban J connectivity index is 1.70. The van der Waals surface area contributed by atoms with Gasteiger partial charge in [0.1, 0.15) is 0 Å². The predicted molar refractivity (Wildman–Crippen MR) is 92.6 cm³/mol. The molecule has 0 saturated carbocycles. The molecule has 0 aliphatic carbocycles. The molecular weight excluding hydrogens is 256 g/mol. The van der Waals surface area contributed by atoms with Gasteiger partial charge in [0.15, 0.2) is 0 Å². The predicted octanol–water partition coefficient (Wildman–Crippen LogP) is 4.25. The van der Waals surface area contributed by atoms with Gasteiger partial charge < -0.3 is 9.80 Å². The van der Waals surface area contributed by atoms with Gasteiger partial charge in [-0.25, -0.2) is 0 Å². The van der Waals surface area contributed by atoms with Crippen molar-refractivity contribution in [3.05, 3.63) is 0 Å². The van der Waals surface area contributed by atoms with Gasteiger partial charge in [0.25, 0.3) is 0 Å². The number of rotatable bonds is 5. The minimum Gasteiger partial charge on any atom is -0.301 e. The van der Waals surface area contributed by atoms with Crippen LogP contribution in [0.1, 0.15) is 66.7 Å². The molecule has 0 spiro atoms. The van der Waals surface area contributed by atoms with Crippen LogP contribution >= 0.6 is 0 Å². The van der Waals surface area contributed by atoms with E-state index < -0.39 is 0 Å². The molecule has 2 fully saturated rings. The van der Waals surface area contributed by atoms with Crippen molar-refractivity contribution >= 4 is 0 Å². The molecule has 2 rings (SSSR count). The van der Waals surface area contributed by atoms with Crippen LogP contribution in [0.3, 0.4) is 0 Å².